The van der Waals surface area contributed by atoms with Crippen molar-refractivity contribution in [2.45, 2.75) is 13.2 Å². The predicted molar refractivity (Wildman–Crippen MR) is 78.3 cm³/mol. The van der Waals surface area contributed by atoms with E-state index in [1.165, 1.54) is 0 Å². The average Bonchev–Trinajstić information content (AvgIpc) is 2.49. The Hall–Kier alpha value is -1.75. The summed E-state index contributed by atoms with van der Waals surface area (Å²) in [6, 6.07) is 10.5. The highest BCUT2D eigenvalue weighted by Gasteiger charge is 2.10. The van der Waals surface area contributed by atoms with Gasteiger partial charge in [-0.25, -0.2) is 0 Å². The highest BCUT2D eigenvalue weighted by atomic mass is 35.5. The van der Waals surface area contributed by atoms with Crippen molar-refractivity contribution >= 4 is 11.6 Å². The van der Waals surface area contributed by atoms with Gasteiger partial charge in [-0.3, -0.25) is 0 Å². The lowest BCUT2D eigenvalue weighted by molar-refractivity contribution is 0.280. The molecule has 0 aliphatic rings. The molecule has 4 nitrogen and oxygen atoms in total. The van der Waals surface area contributed by atoms with Gasteiger partial charge in [0.05, 0.1) is 13.7 Å². The first-order chi connectivity index (χ1) is 9.67. The molecule has 0 spiro atoms. The summed E-state index contributed by atoms with van der Waals surface area (Å²) >= 11 is 5.93. The molecule has 0 amide bonds. The Morgan fingerprint density at radius 1 is 1.10 bits per heavy atom. The fraction of sp³-hybridized carbons (Fsp3) is 0.200. The monoisotopic (exact) mass is 293 g/mol. The predicted octanol–water partition coefficient (Wildman–Crippen LogP) is 3.09. The van der Waals surface area contributed by atoms with Crippen LogP contribution in [0.1, 0.15) is 11.1 Å². The largest absolute Gasteiger partial charge is 0.493 e. The van der Waals surface area contributed by atoms with Crippen LogP contribution < -0.4 is 15.2 Å². The minimum absolute atomic E-state index is 0.0500. The number of hydrogen-bond donors (Lipinski definition) is 2. The van der Waals surface area contributed by atoms with Gasteiger partial charge in [-0.15, -0.1) is 0 Å². The van der Waals surface area contributed by atoms with Crippen LogP contribution in [0.2, 0.25) is 5.02 Å². The van der Waals surface area contributed by atoms with Crippen molar-refractivity contribution in [3.05, 3.63) is 52.5 Å². The molecule has 0 aromatic heterocycles. The van der Waals surface area contributed by atoms with Gasteiger partial charge >= 0.3 is 0 Å². The van der Waals surface area contributed by atoms with E-state index in [0.717, 1.165) is 11.1 Å². The maximum atomic E-state index is 9.12. The summed E-state index contributed by atoms with van der Waals surface area (Å²) in [6.45, 7) is 0.276. The minimum atomic E-state index is -0.0500. The highest BCUT2D eigenvalue weighted by Crippen LogP contribution is 2.34. The fourth-order valence-corrected chi connectivity index (χ4v) is 2.01. The first-order valence-corrected chi connectivity index (χ1v) is 6.50. The summed E-state index contributed by atoms with van der Waals surface area (Å²) < 4.78 is 11.1. The van der Waals surface area contributed by atoms with E-state index in [0.29, 0.717) is 28.8 Å². The van der Waals surface area contributed by atoms with E-state index in [-0.39, 0.29) is 6.61 Å². The number of benzene rings is 2. The molecular weight excluding hydrogens is 278 g/mol. The molecule has 20 heavy (non-hydrogen) atoms. The average molecular weight is 294 g/mol. The van der Waals surface area contributed by atoms with Gasteiger partial charge < -0.3 is 20.3 Å². The molecule has 0 heterocycles. The third-order valence-corrected chi connectivity index (χ3v) is 3.11. The molecule has 0 radical (unpaired) electrons. The summed E-state index contributed by atoms with van der Waals surface area (Å²) in [7, 11) is 1.55. The van der Waals surface area contributed by atoms with Crippen LogP contribution in [0.4, 0.5) is 0 Å². The second kappa shape index (κ2) is 6.61. The van der Waals surface area contributed by atoms with Gasteiger partial charge in [-0.05, 0) is 35.9 Å². The maximum absolute atomic E-state index is 9.12. The van der Waals surface area contributed by atoms with Gasteiger partial charge in [0.1, 0.15) is 5.75 Å². The number of methoxy groups -OCH3 is 1. The van der Waals surface area contributed by atoms with Crippen LogP contribution in [0.25, 0.3) is 0 Å². The number of ether oxygens (including phenoxy) is 2. The number of aliphatic hydroxyl groups excluding tert-OH is 1. The van der Waals surface area contributed by atoms with E-state index >= 15 is 0 Å². The summed E-state index contributed by atoms with van der Waals surface area (Å²) in [4.78, 5) is 0. The fourth-order valence-electron chi connectivity index (χ4n) is 1.82. The normalized spacial score (nSPS) is 10.4. The highest BCUT2D eigenvalue weighted by molar-refractivity contribution is 6.30. The lowest BCUT2D eigenvalue weighted by Crippen LogP contribution is -2.00. The third kappa shape index (κ3) is 3.22. The molecular formula is C15H16ClNO3. The standard InChI is InChI=1S/C15H16ClNO3/c1-19-15-6-10(9-18)2-4-14(15)20-13-5-3-12(16)7-11(13)8-17/h2-7,18H,8-9,17H2,1H3. The van der Waals surface area contributed by atoms with Crippen molar-refractivity contribution in [1.82, 2.24) is 0 Å². The van der Waals surface area contributed by atoms with Crippen molar-refractivity contribution in [1.29, 1.82) is 0 Å². The molecule has 0 fully saturated rings. The Labute approximate surface area is 122 Å². The van der Waals surface area contributed by atoms with E-state index < -0.39 is 0 Å². The third-order valence-electron chi connectivity index (χ3n) is 2.87. The van der Waals surface area contributed by atoms with Gasteiger partial charge in [0.25, 0.3) is 0 Å². The van der Waals surface area contributed by atoms with Crippen LogP contribution >= 0.6 is 11.6 Å². The topological polar surface area (TPSA) is 64.7 Å². The first kappa shape index (κ1) is 14.7. The van der Waals surface area contributed by atoms with Crippen molar-refractivity contribution in [3.8, 4) is 17.2 Å². The summed E-state index contributed by atoms with van der Waals surface area (Å²) in [5.74, 6) is 1.74. The molecule has 2 aromatic rings. The van der Waals surface area contributed by atoms with Crippen LogP contribution in [-0.2, 0) is 13.2 Å². The van der Waals surface area contributed by atoms with Gasteiger partial charge in [0.2, 0.25) is 0 Å². The molecule has 0 atom stereocenters. The zero-order valence-corrected chi connectivity index (χ0v) is 11.9. The van der Waals surface area contributed by atoms with Crippen LogP contribution in [0.3, 0.4) is 0 Å². The van der Waals surface area contributed by atoms with Gasteiger partial charge in [0.15, 0.2) is 11.5 Å². The zero-order chi connectivity index (χ0) is 14.5. The van der Waals surface area contributed by atoms with E-state index in [2.05, 4.69) is 0 Å². The molecule has 106 valence electrons. The SMILES string of the molecule is COc1cc(CO)ccc1Oc1ccc(Cl)cc1CN. The lowest BCUT2D eigenvalue weighted by Gasteiger charge is -2.14. The number of aliphatic hydroxyl groups is 1. The molecule has 0 saturated heterocycles. The van der Waals surface area contributed by atoms with E-state index in [4.69, 9.17) is 31.9 Å². The Balaban J connectivity index is 2.34. The first-order valence-electron chi connectivity index (χ1n) is 6.12. The number of hydrogen-bond acceptors (Lipinski definition) is 4. The van der Waals surface area contributed by atoms with Crippen molar-refractivity contribution < 1.29 is 14.6 Å². The second-order valence-corrected chi connectivity index (χ2v) is 4.64. The smallest absolute Gasteiger partial charge is 0.169 e. The molecule has 0 saturated carbocycles. The quantitative estimate of drug-likeness (QED) is 0.889. The van der Waals surface area contributed by atoms with Crippen molar-refractivity contribution in [3.63, 3.8) is 0 Å². The van der Waals surface area contributed by atoms with Crippen LogP contribution in [0, 0.1) is 0 Å². The molecule has 2 aromatic carbocycles. The number of halogens is 1. The van der Waals surface area contributed by atoms with Crippen molar-refractivity contribution in [2.24, 2.45) is 5.73 Å². The summed E-state index contributed by atoms with van der Waals surface area (Å²) in [5.41, 5.74) is 7.25. The Kier molecular flexibility index (Phi) is 4.84. The Bertz CT molecular complexity index is 602. The molecule has 0 unspecified atom stereocenters. The van der Waals surface area contributed by atoms with Crippen LogP contribution in [0.15, 0.2) is 36.4 Å². The van der Waals surface area contributed by atoms with Crippen LogP contribution in [-0.4, -0.2) is 12.2 Å². The zero-order valence-electron chi connectivity index (χ0n) is 11.1. The minimum Gasteiger partial charge on any atom is -0.493 e. The van der Waals surface area contributed by atoms with Crippen molar-refractivity contribution in [2.75, 3.05) is 7.11 Å². The molecule has 0 aliphatic carbocycles. The molecule has 3 N–H and O–H groups in total. The lowest BCUT2D eigenvalue weighted by atomic mass is 10.2. The van der Waals surface area contributed by atoms with E-state index in [1.54, 1.807) is 43.5 Å². The van der Waals surface area contributed by atoms with E-state index in [9.17, 15) is 0 Å². The van der Waals surface area contributed by atoms with Crippen LogP contribution in [0.5, 0.6) is 17.2 Å². The summed E-state index contributed by atoms with van der Waals surface area (Å²) in [6.07, 6.45) is 0. The Morgan fingerprint density at radius 2 is 1.85 bits per heavy atom. The summed E-state index contributed by atoms with van der Waals surface area (Å²) in [5, 5.41) is 9.73. The number of rotatable bonds is 5. The molecule has 2 rings (SSSR count). The van der Waals surface area contributed by atoms with Gasteiger partial charge in [-0.2, -0.15) is 0 Å². The van der Waals surface area contributed by atoms with Gasteiger partial charge in [0, 0.05) is 17.1 Å². The van der Waals surface area contributed by atoms with Gasteiger partial charge in [-0.1, -0.05) is 17.7 Å². The second-order valence-electron chi connectivity index (χ2n) is 4.20. The van der Waals surface area contributed by atoms with E-state index in [1.807, 2.05) is 0 Å². The molecule has 5 heteroatoms. The maximum Gasteiger partial charge on any atom is 0.169 e. The Morgan fingerprint density at radius 3 is 2.50 bits per heavy atom. The molecule has 0 aliphatic heterocycles. The molecule has 0 bridgehead atoms. The number of nitrogens with two attached hydrogens (primary N) is 1.